The summed E-state index contributed by atoms with van der Waals surface area (Å²) in [6, 6.07) is 16.8. The smallest absolute Gasteiger partial charge is 0.162 e. The fourth-order valence-electron chi connectivity index (χ4n) is 2.69. The first-order valence-electron chi connectivity index (χ1n) is 8.47. The van der Waals surface area contributed by atoms with Gasteiger partial charge in [0.15, 0.2) is 11.6 Å². The number of aromatic nitrogens is 4. The molecule has 0 saturated carbocycles. The van der Waals surface area contributed by atoms with Crippen LogP contribution in [-0.2, 0) is 0 Å². The normalized spacial score (nSPS) is 10.7. The molecule has 0 radical (unpaired) electrons. The van der Waals surface area contributed by atoms with E-state index in [9.17, 15) is 0 Å². The maximum absolute atomic E-state index is 4.47. The van der Waals surface area contributed by atoms with E-state index in [1.54, 1.807) is 24.8 Å². The first-order chi connectivity index (χ1) is 12.7. The first kappa shape index (κ1) is 16.1. The van der Waals surface area contributed by atoms with Crippen molar-refractivity contribution in [2.75, 3.05) is 0 Å². The molecule has 4 nitrogen and oxygen atoms in total. The third-order valence-electron chi connectivity index (χ3n) is 4.22. The molecule has 0 saturated heterocycles. The zero-order chi connectivity index (χ0) is 17.9. The molecule has 4 rings (SSSR count). The fraction of sp³-hybridized carbons (Fsp3) is 0.0909. The van der Waals surface area contributed by atoms with Crippen LogP contribution in [0.25, 0.3) is 33.9 Å². The molecule has 126 valence electrons. The zero-order valence-corrected chi connectivity index (χ0v) is 14.7. The average Bonchev–Trinajstić information content (AvgIpc) is 2.70. The molecule has 0 fully saturated rings. The maximum atomic E-state index is 4.47. The van der Waals surface area contributed by atoms with E-state index in [0.717, 1.165) is 16.7 Å². The van der Waals surface area contributed by atoms with E-state index < -0.39 is 0 Å². The number of hydrogen-bond acceptors (Lipinski definition) is 4. The van der Waals surface area contributed by atoms with Crippen molar-refractivity contribution in [3.63, 3.8) is 0 Å². The van der Waals surface area contributed by atoms with E-state index in [4.69, 9.17) is 0 Å². The summed E-state index contributed by atoms with van der Waals surface area (Å²) < 4.78 is 0. The molecule has 0 aliphatic rings. The van der Waals surface area contributed by atoms with Gasteiger partial charge in [0.25, 0.3) is 0 Å². The van der Waals surface area contributed by atoms with Crippen molar-refractivity contribution in [3.05, 3.63) is 84.4 Å². The highest BCUT2D eigenvalue weighted by Gasteiger charge is 2.06. The lowest BCUT2D eigenvalue weighted by molar-refractivity contribution is 1.11. The summed E-state index contributed by atoms with van der Waals surface area (Å²) in [7, 11) is 0. The van der Waals surface area contributed by atoms with E-state index in [1.165, 1.54) is 16.7 Å². The minimum Gasteiger partial charge on any atom is -0.236 e. The Morgan fingerprint density at radius 2 is 0.846 bits per heavy atom. The summed E-state index contributed by atoms with van der Waals surface area (Å²) in [5, 5.41) is 0. The molecule has 0 atom stereocenters. The van der Waals surface area contributed by atoms with E-state index >= 15 is 0 Å². The molecular formula is C22H18N4. The van der Waals surface area contributed by atoms with Crippen LogP contribution in [0.1, 0.15) is 11.1 Å². The molecule has 4 heteroatoms. The number of hydrogen-bond donors (Lipinski definition) is 0. The summed E-state index contributed by atoms with van der Waals surface area (Å²) >= 11 is 0. The molecule has 0 aliphatic carbocycles. The monoisotopic (exact) mass is 338 g/mol. The van der Waals surface area contributed by atoms with Crippen LogP contribution >= 0.6 is 0 Å². The van der Waals surface area contributed by atoms with Crippen molar-refractivity contribution < 1.29 is 0 Å². The molecule has 2 aromatic carbocycles. The van der Waals surface area contributed by atoms with Crippen LogP contribution in [0.3, 0.4) is 0 Å². The van der Waals surface area contributed by atoms with E-state index in [2.05, 4.69) is 63.3 Å². The first-order valence-corrected chi connectivity index (χ1v) is 8.47. The van der Waals surface area contributed by atoms with Gasteiger partial charge in [-0.3, -0.25) is 0 Å². The van der Waals surface area contributed by atoms with Crippen molar-refractivity contribution in [2.24, 2.45) is 0 Å². The van der Waals surface area contributed by atoms with Gasteiger partial charge in [-0.1, -0.05) is 54.1 Å². The standard InChI is InChI=1S/C22H18N4/c1-15-3-5-17(6-4-15)18-7-9-19(10-8-18)21-25-13-20(14-26-21)22-23-11-16(2)12-24-22/h3-14H,1-2H3. The van der Waals surface area contributed by atoms with Gasteiger partial charge in [0.05, 0.1) is 5.56 Å². The van der Waals surface area contributed by atoms with Crippen LogP contribution in [0.2, 0.25) is 0 Å². The molecule has 4 aromatic rings. The second-order valence-electron chi connectivity index (χ2n) is 6.32. The molecule has 0 unspecified atom stereocenters. The van der Waals surface area contributed by atoms with Crippen LogP contribution in [0.15, 0.2) is 73.3 Å². The maximum Gasteiger partial charge on any atom is 0.162 e. The largest absolute Gasteiger partial charge is 0.236 e. The van der Waals surface area contributed by atoms with Crippen molar-refractivity contribution in [1.29, 1.82) is 0 Å². The van der Waals surface area contributed by atoms with Gasteiger partial charge >= 0.3 is 0 Å². The second-order valence-corrected chi connectivity index (χ2v) is 6.32. The Morgan fingerprint density at radius 1 is 0.423 bits per heavy atom. The van der Waals surface area contributed by atoms with Crippen LogP contribution in [-0.4, -0.2) is 19.9 Å². The predicted octanol–water partition coefficient (Wildman–Crippen LogP) is 4.88. The van der Waals surface area contributed by atoms with Gasteiger partial charge in [0, 0.05) is 30.4 Å². The Hall–Kier alpha value is -3.40. The Kier molecular flexibility index (Phi) is 4.23. The lowest BCUT2D eigenvalue weighted by Gasteiger charge is -2.05. The van der Waals surface area contributed by atoms with Crippen LogP contribution in [0.5, 0.6) is 0 Å². The molecule has 0 aliphatic heterocycles. The summed E-state index contributed by atoms with van der Waals surface area (Å²) in [5.41, 5.74) is 6.46. The highest BCUT2D eigenvalue weighted by Crippen LogP contribution is 2.24. The highest BCUT2D eigenvalue weighted by molar-refractivity contribution is 5.68. The van der Waals surface area contributed by atoms with Gasteiger partial charge in [0.2, 0.25) is 0 Å². The Bertz CT molecular complexity index is 917. The molecule has 2 aromatic heterocycles. The predicted molar refractivity (Wildman–Crippen MR) is 103 cm³/mol. The Labute approximate surface area is 152 Å². The van der Waals surface area contributed by atoms with Gasteiger partial charge < -0.3 is 0 Å². The minimum absolute atomic E-state index is 0.636. The SMILES string of the molecule is Cc1ccc(-c2ccc(-c3ncc(-c4ncc(C)cn4)cn3)cc2)cc1. The van der Waals surface area contributed by atoms with E-state index in [1.807, 2.05) is 19.1 Å². The number of nitrogens with zero attached hydrogens (tertiary/aromatic N) is 4. The summed E-state index contributed by atoms with van der Waals surface area (Å²) in [6.45, 7) is 4.05. The Balaban J connectivity index is 1.57. The van der Waals surface area contributed by atoms with E-state index in [0.29, 0.717) is 11.6 Å². The zero-order valence-electron chi connectivity index (χ0n) is 14.7. The average molecular weight is 338 g/mol. The van der Waals surface area contributed by atoms with Gasteiger partial charge in [-0.05, 0) is 30.5 Å². The van der Waals surface area contributed by atoms with Crippen molar-refractivity contribution in [3.8, 4) is 33.9 Å². The van der Waals surface area contributed by atoms with Crippen molar-refractivity contribution in [2.45, 2.75) is 13.8 Å². The summed E-state index contributed by atoms with van der Waals surface area (Å²) in [6.07, 6.45) is 7.11. The summed E-state index contributed by atoms with van der Waals surface area (Å²) in [5.74, 6) is 1.33. The molecule has 2 heterocycles. The summed E-state index contributed by atoms with van der Waals surface area (Å²) in [4.78, 5) is 17.6. The van der Waals surface area contributed by atoms with Crippen LogP contribution in [0, 0.1) is 13.8 Å². The van der Waals surface area contributed by atoms with Crippen molar-refractivity contribution in [1.82, 2.24) is 19.9 Å². The topological polar surface area (TPSA) is 51.6 Å². The van der Waals surface area contributed by atoms with Gasteiger partial charge in [0.1, 0.15) is 0 Å². The lowest BCUT2D eigenvalue weighted by atomic mass is 10.0. The lowest BCUT2D eigenvalue weighted by Crippen LogP contribution is -1.93. The second kappa shape index (κ2) is 6.84. The van der Waals surface area contributed by atoms with Crippen LogP contribution in [0.4, 0.5) is 0 Å². The molecule has 26 heavy (non-hydrogen) atoms. The number of benzene rings is 2. The highest BCUT2D eigenvalue weighted by atomic mass is 14.9. The molecule has 0 bridgehead atoms. The number of aryl methyl sites for hydroxylation is 2. The van der Waals surface area contributed by atoms with Gasteiger partial charge in [-0.2, -0.15) is 0 Å². The Morgan fingerprint density at radius 3 is 1.42 bits per heavy atom. The van der Waals surface area contributed by atoms with Crippen LogP contribution < -0.4 is 0 Å². The van der Waals surface area contributed by atoms with Gasteiger partial charge in [-0.25, -0.2) is 19.9 Å². The van der Waals surface area contributed by atoms with Gasteiger partial charge in [-0.15, -0.1) is 0 Å². The molecule has 0 spiro atoms. The third-order valence-corrected chi connectivity index (χ3v) is 4.22. The number of rotatable bonds is 3. The molecule has 0 N–H and O–H groups in total. The fourth-order valence-corrected chi connectivity index (χ4v) is 2.69. The van der Waals surface area contributed by atoms with Crippen molar-refractivity contribution >= 4 is 0 Å². The quantitative estimate of drug-likeness (QED) is 0.534. The molecule has 0 amide bonds. The molecular weight excluding hydrogens is 320 g/mol. The minimum atomic E-state index is 0.636. The van der Waals surface area contributed by atoms with E-state index in [-0.39, 0.29) is 0 Å². The third kappa shape index (κ3) is 3.35.